The quantitative estimate of drug-likeness (QED) is 0.183. The van der Waals surface area contributed by atoms with Gasteiger partial charge < -0.3 is 0 Å². The van der Waals surface area contributed by atoms with Crippen LogP contribution in [0.1, 0.15) is 44.5 Å². The molecule has 0 radical (unpaired) electrons. The predicted octanol–water partition coefficient (Wildman–Crippen LogP) is 10.3. The van der Waals surface area contributed by atoms with E-state index >= 15 is 0 Å². The van der Waals surface area contributed by atoms with Crippen LogP contribution in [0.15, 0.2) is 109 Å². The molecule has 7 aromatic carbocycles. The van der Waals surface area contributed by atoms with Gasteiger partial charge in [0.25, 0.3) is 0 Å². The van der Waals surface area contributed by atoms with Crippen LogP contribution in [0, 0.1) is 0 Å². The molecule has 194 valence electrons. The Balaban J connectivity index is 1.04. The van der Waals surface area contributed by atoms with Gasteiger partial charge in [-0.3, -0.25) is 0 Å². The van der Waals surface area contributed by atoms with Crippen LogP contribution in [-0.4, -0.2) is 0 Å². The van der Waals surface area contributed by atoms with Gasteiger partial charge in [-0.1, -0.05) is 109 Å². The van der Waals surface area contributed by atoms with Crippen LogP contribution < -0.4 is 0 Å². The Labute approximate surface area is 244 Å². The molecule has 42 heavy (non-hydrogen) atoms. The molecule has 0 saturated heterocycles. The summed E-state index contributed by atoms with van der Waals surface area (Å²) in [7, 11) is 0. The van der Waals surface area contributed by atoms with Gasteiger partial charge in [-0.15, -0.1) is 0 Å². The lowest BCUT2D eigenvalue weighted by Gasteiger charge is -2.10. The molecule has 0 bridgehead atoms. The van der Waals surface area contributed by atoms with E-state index in [1.807, 2.05) is 0 Å². The number of hydrogen-bond donors (Lipinski definition) is 0. The molecule has 0 aromatic heterocycles. The van der Waals surface area contributed by atoms with Gasteiger partial charge in [0.2, 0.25) is 0 Å². The number of hydrogen-bond acceptors (Lipinski definition) is 0. The van der Waals surface area contributed by atoms with Crippen LogP contribution in [0.3, 0.4) is 0 Å². The first-order chi connectivity index (χ1) is 20.8. The molecular formula is C42H26. The molecule has 4 aliphatic carbocycles. The molecule has 0 nitrogen and oxygen atoms in total. The van der Waals surface area contributed by atoms with Gasteiger partial charge >= 0.3 is 0 Å². The molecule has 0 unspecified atom stereocenters. The van der Waals surface area contributed by atoms with Crippen molar-refractivity contribution in [3.63, 3.8) is 0 Å². The van der Waals surface area contributed by atoms with Crippen LogP contribution in [-0.2, 0) is 25.7 Å². The second-order valence-electron chi connectivity index (χ2n) is 12.7. The Morgan fingerprint density at radius 3 is 1.07 bits per heavy atom. The Morgan fingerprint density at radius 2 is 0.643 bits per heavy atom. The average Bonchev–Trinajstić information content (AvgIpc) is 3.80. The normalized spacial score (nSPS) is 14.3. The van der Waals surface area contributed by atoms with E-state index in [0.717, 1.165) is 25.7 Å². The highest BCUT2D eigenvalue weighted by Crippen LogP contribution is 2.53. The maximum Gasteiger partial charge on any atom is -0.000730 e. The molecular weight excluding hydrogens is 504 g/mol. The van der Waals surface area contributed by atoms with E-state index in [0.29, 0.717) is 0 Å². The van der Waals surface area contributed by atoms with Crippen LogP contribution >= 0.6 is 0 Å². The lowest BCUT2D eigenvalue weighted by molar-refractivity contribution is 1.11. The second kappa shape index (κ2) is 7.46. The third-order valence-electron chi connectivity index (χ3n) is 10.9. The minimum atomic E-state index is 1.05. The Hall–Kier alpha value is -4.94. The standard InChI is InChI=1S/C42H26/c1-3-7-27-23(5-1)9-11-25-19-35-33(41(25)27)17-15-31-29-13-14-30-32-16-18-34-36(38(32)22-40(30)39(29)21-37(31)35)20-26-12-10-24-6-2-4-8-28(24)42(26)34/h1-18H,19-22H2. The Morgan fingerprint density at radius 1 is 0.286 bits per heavy atom. The second-order valence-corrected chi connectivity index (χ2v) is 12.7. The van der Waals surface area contributed by atoms with E-state index in [9.17, 15) is 0 Å². The molecule has 0 heterocycles. The molecule has 4 aliphatic rings. The molecule has 0 saturated carbocycles. The van der Waals surface area contributed by atoms with Crippen molar-refractivity contribution in [2.75, 3.05) is 0 Å². The summed E-state index contributed by atoms with van der Waals surface area (Å²) in [5.41, 5.74) is 24.0. The summed E-state index contributed by atoms with van der Waals surface area (Å²) >= 11 is 0. The zero-order chi connectivity index (χ0) is 27.1. The van der Waals surface area contributed by atoms with Crippen molar-refractivity contribution in [1.29, 1.82) is 0 Å². The fourth-order valence-electron chi connectivity index (χ4n) is 9.07. The number of rotatable bonds is 0. The number of benzene rings is 7. The molecule has 0 N–H and O–H groups in total. The van der Waals surface area contributed by atoms with Crippen LogP contribution in [0.5, 0.6) is 0 Å². The fraction of sp³-hybridized carbons (Fsp3) is 0.0952. The molecule has 0 spiro atoms. The predicted molar refractivity (Wildman–Crippen MR) is 174 cm³/mol. The maximum absolute atomic E-state index is 2.43. The summed E-state index contributed by atoms with van der Waals surface area (Å²) in [5.74, 6) is 0. The maximum atomic E-state index is 2.43. The highest BCUT2D eigenvalue weighted by Gasteiger charge is 2.34. The molecule has 0 fully saturated rings. The summed E-state index contributed by atoms with van der Waals surface area (Å²) in [6.45, 7) is 0. The topological polar surface area (TPSA) is 0 Å². The third-order valence-corrected chi connectivity index (χ3v) is 10.9. The summed E-state index contributed by atoms with van der Waals surface area (Å²) < 4.78 is 0. The molecule has 0 atom stereocenters. The highest BCUT2D eigenvalue weighted by atomic mass is 14.4. The minimum absolute atomic E-state index is 1.05. The lowest BCUT2D eigenvalue weighted by atomic mass is 9.94. The van der Waals surface area contributed by atoms with Gasteiger partial charge in [0.1, 0.15) is 0 Å². The zero-order valence-corrected chi connectivity index (χ0v) is 23.2. The molecule has 7 aromatic rings. The SMILES string of the molecule is c1ccc2c3c(ccc2c1)Cc1c-3ccc2c1Cc1c-2ccc2c1Cc1c-2ccc2c1Cc1ccc3ccccc3c1-2. The molecule has 11 rings (SSSR count). The van der Waals surface area contributed by atoms with E-state index in [4.69, 9.17) is 0 Å². The van der Waals surface area contributed by atoms with Crippen molar-refractivity contribution < 1.29 is 0 Å². The van der Waals surface area contributed by atoms with Gasteiger partial charge in [0, 0.05) is 0 Å². The van der Waals surface area contributed by atoms with E-state index in [1.54, 1.807) is 33.4 Å². The van der Waals surface area contributed by atoms with Crippen molar-refractivity contribution in [2.24, 2.45) is 0 Å². The summed E-state index contributed by atoms with van der Waals surface area (Å²) in [6, 6.07) is 41.6. The summed E-state index contributed by atoms with van der Waals surface area (Å²) in [5, 5.41) is 5.46. The first-order valence-corrected chi connectivity index (χ1v) is 15.3. The smallest absolute Gasteiger partial charge is 0.000730 e. The largest absolute Gasteiger partial charge is 0.0616 e. The van der Waals surface area contributed by atoms with Crippen molar-refractivity contribution >= 4 is 21.5 Å². The van der Waals surface area contributed by atoms with Gasteiger partial charge in [0.15, 0.2) is 0 Å². The van der Waals surface area contributed by atoms with Gasteiger partial charge in [0.05, 0.1) is 0 Å². The minimum Gasteiger partial charge on any atom is -0.0616 e. The van der Waals surface area contributed by atoms with Gasteiger partial charge in [-0.05, 0) is 136 Å². The van der Waals surface area contributed by atoms with E-state index < -0.39 is 0 Å². The van der Waals surface area contributed by atoms with E-state index in [-0.39, 0.29) is 0 Å². The van der Waals surface area contributed by atoms with E-state index in [1.165, 1.54) is 77.2 Å². The zero-order valence-electron chi connectivity index (χ0n) is 23.2. The number of fused-ring (bicyclic) bond motifs is 19. The van der Waals surface area contributed by atoms with Crippen molar-refractivity contribution in [2.45, 2.75) is 25.7 Å². The fourth-order valence-corrected chi connectivity index (χ4v) is 9.07. The van der Waals surface area contributed by atoms with Crippen LogP contribution in [0.2, 0.25) is 0 Å². The van der Waals surface area contributed by atoms with Crippen LogP contribution in [0.25, 0.3) is 66.1 Å². The molecule has 0 amide bonds. The first-order valence-electron chi connectivity index (χ1n) is 15.3. The van der Waals surface area contributed by atoms with Gasteiger partial charge in [-0.25, -0.2) is 0 Å². The third kappa shape index (κ3) is 2.56. The van der Waals surface area contributed by atoms with Gasteiger partial charge in [-0.2, -0.15) is 0 Å². The lowest BCUT2D eigenvalue weighted by Crippen LogP contribution is -1.94. The molecule has 0 heteroatoms. The highest BCUT2D eigenvalue weighted by molar-refractivity contribution is 6.04. The van der Waals surface area contributed by atoms with Crippen molar-refractivity contribution in [3.8, 4) is 44.5 Å². The van der Waals surface area contributed by atoms with Crippen molar-refractivity contribution in [3.05, 3.63) is 154 Å². The summed E-state index contributed by atoms with van der Waals surface area (Å²) in [6.07, 6.45) is 4.22. The van der Waals surface area contributed by atoms with E-state index in [2.05, 4.69) is 109 Å². The Kier molecular flexibility index (Phi) is 3.87. The Bertz CT molecular complexity index is 2230. The summed E-state index contributed by atoms with van der Waals surface area (Å²) in [4.78, 5) is 0. The first kappa shape index (κ1) is 21.8. The molecule has 0 aliphatic heterocycles. The monoisotopic (exact) mass is 530 g/mol. The average molecular weight is 531 g/mol. The van der Waals surface area contributed by atoms with Crippen LogP contribution in [0.4, 0.5) is 0 Å². The van der Waals surface area contributed by atoms with Crippen molar-refractivity contribution in [1.82, 2.24) is 0 Å².